The molecule has 134 valence electrons. The van der Waals surface area contributed by atoms with Gasteiger partial charge in [-0.15, -0.1) is 0 Å². The highest BCUT2D eigenvalue weighted by atomic mass is 16.4. The van der Waals surface area contributed by atoms with E-state index in [0.717, 1.165) is 19.3 Å². The summed E-state index contributed by atoms with van der Waals surface area (Å²) in [7, 11) is 0. The van der Waals surface area contributed by atoms with Gasteiger partial charge >= 0.3 is 5.97 Å². The first-order valence-corrected chi connectivity index (χ1v) is 9.25. The Balaban J connectivity index is 2.36. The molecule has 2 rings (SSSR count). The lowest BCUT2D eigenvalue weighted by Gasteiger charge is -2.52. The molecule has 0 spiro atoms. The Hall–Kier alpha value is -1.35. The predicted molar refractivity (Wildman–Crippen MR) is 97.5 cm³/mol. The van der Waals surface area contributed by atoms with Crippen molar-refractivity contribution < 1.29 is 15.0 Å². The molecular weight excluding hydrogens is 300 g/mol. The van der Waals surface area contributed by atoms with Gasteiger partial charge in [0.15, 0.2) is 0 Å². The van der Waals surface area contributed by atoms with Crippen molar-refractivity contribution in [3.05, 3.63) is 36.0 Å². The van der Waals surface area contributed by atoms with Crippen LogP contribution >= 0.6 is 0 Å². The van der Waals surface area contributed by atoms with Gasteiger partial charge in [-0.1, -0.05) is 43.7 Å². The summed E-state index contributed by atoms with van der Waals surface area (Å²) in [6, 6.07) is 0. The molecule has 3 heteroatoms. The van der Waals surface area contributed by atoms with Gasteiger partial charge in [-0.3, -0.25) is 0 Å². The highest BCUT2D eigenvalue weighted by molar-refractivity contribution is 5.80. The van der Waals surface area contributed by atoms with E-state index in [1.54, 1.807) is 6.08 Å². The normalized spacial score (nSPS) is 40.9. The zero-order valence-corrected chi connectivity index (χ0v) is 15.4. The minimum absolute atomic E-state index is 0.189. The lowest BCUT2D eigenvalue weighted by molar-refractivity contribution is -0.131. The second-order valence-corrected chi connectivity index (χ2v) is 7.79. The molecule has 2 fully saturated rings. The van der Waals surface area contributed by atoms with E-state index in [-0.39, 0.29) is 6.10 Å². The predicted octanol–water partition coefficient (Wildman–Crippen LogP) is 4.45. The standard InChI is InChI=1S/C21H32O3/c1-5-13(2)20-15(4)12-17-18(22)11-10-14(3)21(17)16(20)8-6-7-9-19(23)24/h5-9,14-18,20-22H,10-12H2,1-4H3,(H,23,24)/b8-6+,9-7+,13-5-/t14-,15+,16+,17-,18-,20+,21-/m0/s1. The van der Waals surface area contributed by atoms with Gasteiger partial charge in [0.1, 0.15) is 0 Å². The van der Waals surface area contributed by atoms with Crippen molar-refractivity contribution in [2.45, 2.75) is 53.1 Å². The zero-order chi connectivity index (χ0) is 17.9. The maximum atomic E-state index is 10.7. The largest absolute Gasteiger partial charge is 0.478 e. The number of allylic oxidation sites excluding steroid dienone is 5. The summed E-state index contributed by atoms with van der Waals surface area (Å²) in [4.78, 5) is 10.7. The van der Waals surface area contributed by atoms with Crippen LogP contribution in [0.1, 0.15) is 47.0 Å². The monoisotopic (exact) mass is 332 g/mol. The Morgan fingerprint density at radius 1 is 1.12 bits per heavy atom. The van der Waals surface area contributed by atoms with Crippen LogP contribution in [0.15, 0.2) is 36.0 Å². The van der Waals surface area contributed by atoms with Gasteiger partial charge in [0.2, 0.25) is 0 Å². The quantitative estimate of drug-likeness (QED) is 0.454. The Labute approximate surface area is 146 Å². The van der Waals surface area contributed by atoms with E-state index in [0.29, 0.717) is 35.5 Å². The molecule has 0 radical (unpaired) electrons. The van der Waals surface area contributed by atoms with E-state index in [2.05, 4.69) is 39.8 Å². The topological polar surface area (TPSA) is 57.5 Å². The van der Waals surface area contributed by atoms with Gasteiger partial charge in [-0.05, 0) is 68.6 Å². The van der Waals surface area contributed by atoms with Gasteiger partial charge in [0, 0.05) is 6.08 Å². The molecule has 0 aromatic carbocycles. The summed E-state index contributed by atoms with van der Waals surface area (Å²) >= 11 is 0. The number of fused-ring (bicyclic) bond motifs is 1. The van der Waals surface area contributed by atoms with E-state index in [9.17, 15) is 9.90 Å². The molecule has 0 heterocycles. The molecule has 0 aromatic heterocycles. The summed E-state index contributed by atoms with van der Waals surface area (Å²) in [5.74, 6) is 1.87. The molecule has 2 aliphatic rings. The van der Waals surface area contributed by atoms with E-state index in [1.165, 1.54) is 11.6 Å². The number of carboxylic acid groups (broad SMARTS) is 1. The van der Waals surface area contributed by atoms with Crippen LogP contribution in [0.25, 0.3) is 0 Å². The second kappa shape index (κ2) is 8.15. The summed E-state index contributed by atoms with van der Waals surface area (Å²) in [5, 5.41) is 19.3. The van der Waals surface area contributed by atoms with Gasteiger partial charge in [-0.2, -0.15) is 0 Å². The molecule has 0 unspecified atom stereocenters. The molecule has 0 aliphatic heterocycles. The number of carbonyl (C=O) groups is 1. The van der Waals surface area contributed by atoms with Crippen LogP contribution in [0.2, 0.25) is 0 Å². The number of aliphatic carboxylic acids is 1. The third-order valence-electron chi connectivity index (χ3n) is 6.34. The SMILES string of the molecule is C/C=C(/C)[C@H]1[C@@H](/C=C/C=C/C(=O)O)[C@H]2[C@@H](C[C@H]1C)[C@@H](O)CC[C@@H]2C. The first kappa shape index (κ1) is 19.0. The van der Waals surface area contributed by atoms with Gasteiger partial charge < -0.3 is 10.2 Å². The fourth-order valence-electron chi connectivity index (χ4n) is 5.22. The van der Waals surface area contributed by atoms with Gasteiger partial charge in [-0.25, -0.2) is 4.79 Å². The van der Waals surface area contributed by atoms with E-state index >= 15 is 0 Å². The summed E-state index contributed by atoms with van der Waals surface area (Å²) in [6.45, 7) is 8.92. The molecule has 0 amide bonds. The van der Waals surface area contributed by atoms with Crippen molar-refractivity contribution in [1.29, 1.82) is 0 Å². The number of rotatable bonds is 4. The Bertz CT molecular complexity index is 531. The van der Waals surface area contributed by atoms with Crippen LogP contribution in [0.5, 0.6) is 0 Å². The van der Waals surface area contributed by atoms with Crippen molar-refractivity contribution in [2.24, 2.45) is 35.5 Å². The fraction of sp³-hybridized carbons (Fsp3) is 0.667. The molecule has 0 bridgehead atoms. The molecule has 0 saturated heterocycles. The Morgan fingerprint density at radius 2 is 1.83 bits per heavy atom. The lowest BCUT2D eigenvalue weighted by Crippen LogP contribution is -2.48. The van der Waals surface area contributed by atoms with Crippen molar-refractivity contribution >= 4 is 5.97 Å². The highest BCUT2D eigenvalue weighted by Gasteiger charge is 2.48. The number of hydrogen-bond acceptors (Lipinski definition) is 2. The Kier molecular flexibility index (Phi) is 6.45. The molecule has 24 heavy (non-hydrogen) atoms. The number of aliphatic hydroxyl groups excluding tert-OH is 1. The third kappa shape index (κ3) is 4.00. The van der Waals surface area contributed by atoms with E-state index < -0.39 is 5.97 Å². The van der Waals surface area contributed by atoms with Crippen LogP contribution in [-0.2, 0) is 4.79 Å². The molecule has 2 aliphatic carbocycles. The van der Waals surface area contributed by atoms with E-state index in [4.69, 9.17) is 5.11 Å². The van der Waals surface area contributed by atoms with E-state index in [1.807, 2.05) is 6.08 Å². The van der Waals surface area contributed by atoms with Crippen molar-refractivity contribution in [3.63, 3.8) is 0 Å². The van der Waals surface area contributed by atoms with Crippen molar-refractivity contribution in [1.82, 2.24) is 0 Å². The molecular formula is C21H32O3. The van der Waals surface area contributed by atoms with Crippen molar-refractivity contribution in [3.8, 4) is 0 Å². The maximum absolute atomic E-state index is 10.7. The molecule has 0 aromatic rings. The van der Waals surface area contributed by atoms with Crippen LogP contribution in [-0.4, -0.2) is 22.3 Å². The number of carboxylic acids is 1. The minimum atomic E-state index is -0.919. The Morgan fingerprint density at radius 3 is 2.46 bits per heavy atom. The zero-order valence-electron chi connectivity index (χ0n) is 15.4. The summed E-state index contributed by atoms with van der Waals surface area (Å²) < 4.78 is 0. The highest BCUT2D eigenvalue weighted by Crippen LogP contribution is 2.53. The van der Waals surface area contributed by atoms with Crippen LogP contribution in [0, 0.1) is 35.5 Å². The van der Waals surface area contributed by atoms with Crippen molar-refractivity contribution in [2.75, 3.05) is 0 Å². The molecule has 2 N–H and O–H groups in total. The van der Waals surface area contributed by atoms with Gasteiger partial charge in [0.05, 0.1) is 6.10 Å². The number of aliphatic hydroxyl groups is 1. The van der Waals surface area contributed by atoms with Crippen LogP contribution in [0.3, 0.4) is 0 Å². The summed E-state index contributed by atoms with van der Waals surface area (Å²) in [5.41, 5.74) is 1.41. The average Bonchev–Trinajstić information content (AvgIpc) is 2.53. The lowest BCUT2D eigenvalue weighted by atomic mass is 9.53. The first-order valence-electron chi connectivity index (χ1n) is 9.25. The first-order chi connectivity index (χ1) is 11.4. The molecule has 7 atom stereocenters. The minimum Gasteiger partial charge on any atom is -0.478 e. The smallest absolute Gasteiger partial charge is 0.328 e. The van der Waals surface area contributed by atoms with Gasteiger partial charge in [0.25, 0.3) is 0 Å². The summed E-state index contributed by atoms with van der Waals surface area (Å²) in [6.07, 6.45) is 12.0. The van der Waals surface area contributed by atoms with Crippen LogP contribution in [0.4, 0.5) is 0 Å². The van der Waals surface area contributed by atoms with Crippen LogP contribution < -0.4 is 0 Å². The second-order valence-electron chi connectivity index (χ2n) is 7.79. The third-order valence-corrected chi connectivity index (χ3v) is 6.34. The molecule has 2 saturated carbocycles. The fourth-order valence-corrected chi connectivity index (χ4v) is 5.22. The average molecular weight is 332 g/mol. The maximum Gasteiger partial charge on any atom is 0.328 e. The molecule has 3 nitrogen and oxygen atoms in total. The number of hydrogen-bond donors (Lipinski definition) is 2.